The number of rotatable bonds is 6. The lowest BCUT2D eigenvalue weighted by molar-refractivity contribution is -0.135. The molecule has 6 N–H and O–H groups in total. The summed E-state index contributed by atoms with van der Waals surface area (Å²) in [5, 5.41) is 24.8. The SMILES string of the molecule is CNC(=O)NC(C)(C(F)F)C(NC(=O)c1ccc(C#CC#Cc2c[nH]nn2)cc1)C(=O)NO. The summed E-state index contributed by atoms with van der Waals surface area (Å²) in [5.41, 5.74) is -0.388. The van der Waals surface area contributed by atoms with Gasteiger partial charge in [-0.3, -0.25) is 19.9 Å². The number of aromatic nitrogens is 3. The first-order valence-corrected chi connectivity index (χ1v) is 9.22. The standard InChI is InChI=1S/C20H19F2N7O4/c1-20(18(21)22,26-19(32)23-2)15(17(31)28-33)25-16(30)13-9-7-12(8-10-13)5-3-4-6-14-11-24-29-27-14/h7-11,15,18,33H,1-2H3,(H,25,30)(H,28,31)(H2,23,26,32)(H,24,27,29). The second-order valence-electron chi connectivity index (χ2n) is 6.61. The average molecular weight is 459 g/mol. The van der Waals surface area contributed by atoms with Crippen molar-refractivity contribution in [2.75, 3.05) is 7.05 Å². The van der Waals surface area contributed by atoms with Crippen LogP contribution in [0.2, 0.25) is 0 Å². The number of halogens is 2. The first-order chi connectivity index (χ1) is 15.7. The maximum atomic E-state index is 13.8. The van der Waals surface area contributed by atoms with Gasteiger partial charge in [0.2, 0.25) is 0 Å². The molecule has 0 saturated carbocycles. The summed E-state index contributed by atoms with van der Waals surface area (Å²) >= 11 is 0. The maximum absolute atomic E-state index is 13.8. The lowest BCUT2D eigenvalue weighted by Gasteiger charge is -2.36. The van der Waals surface area contributed by atoms with E-state index in [9.17, 15) is 23.2 Å². The summed E-state index contributed by atoms with van der Waals surface area (Å²) in [7, 11) is 1.19. The highest BCUT2D eigenvalue weighted by atomic mass is 19.3. The Morgan fingerprint density at radius 1 is 1.15 bits per heavy atom. The fraction of sp³-hybridized carbons (Fsp3) is 0.250. The van der Waals surface area contributed by atoms with E-state index in [1.807, 2.05) is 5.32 Å². The summed E-state index contributed by atoms with van der Waals surface area (Å²) in [4.78, 5) is 36.3. The number of hydrogen-bond donors (Lipinski definition) is 6. The number of H-pyrrole nitrogens is 1. The first-order valence-electron chi connectivity index (χ1n) is 9.22. The Balaban J connectivity index is 2.19. The Hall–Kier alpha value is -4.49. The van der Waals surface area contributed by atoms with Crippen molar-refractivity contribution in [2.24, 2.45) is 0 Å². The second kappa shape index (κ2) is 11.2. The van der Waals surface area contributed by atoms with Crippen LogP contribution < -0.4 is 21.4 Å². The molecular formula is C20H19F2N7O4. The minimum Gasteiger partial charge on any atom is -0.341 e. The molecule has 0 aliphatic carbocycles. The highest BCUT2D eigenvalue weighted by molar-refractivity contribution is 5.98. The molecule has 0 bridgehead atoms. The van der Waals surface area contributed by atoms with Crippen molar-refractivity contribution in [1.29, 1.82) is 0 Å². The van der Waals surface area contributed by atoms with Crippen molar-refractivity contribution in [1.82, 2.24) is 36.8 Å². The fourth-order valence-electron chi connectivity index (χ4n) is 2.49. The van der Waals surface area contributed by atoms with Gasteiger partial charge in [0, 0.05) is 18.2 Å². The Morgan fingerprint density at radius 3 is 2.36 bits per heavy atom. The van der Waals surface area contributed by atoms with Crippen molar-refractivity contribution in [3.63, 3.8) is 0 Å². The number of amides is 4. The molecule has 0 fully saturated rings. The first kappa shape index (κ1) is 24.8. The molecule has 172 valence electrons. The third kappa shape index (κ3) is 6.49. The number of hydrogen-bond acceptors (Lipinski definition) is 6. The van der Waals surface area contributed by atoms with Crippen molar-refractivity contribution < 1.29 is 28.4 Å². The molecule has 4 amide bonds. The number of urea groups is 1. The Bertz CT molecular complexity index is 1120. The Kier molecular flexibility index (Phi) is 8.42. The second-order valence-corrected chi connectivity index (χ2v) is 6.61. The lowest BCUT2D eigenvalue weighted by Crippen LogP contribution is -2.69. The zero-order valence-electron chi connectivity index (χ0n) is 17.4. The zero-order chi connectivity index (χ0) is 24.4. The number of alkyl halides is 2. The Labute approximate surface area is 186 Å². The molecule has 1 aromatic carbocycles. The molecule has 13 heteroatoms. The molecule has 2 atom stereocenters. The van der Waals surface area contributed by atoms with E-state index >= 15 is 0 Å². The fourth-order valence-corrected chi connectivity index (χ4v) is 2.49. The average Bonchev–Trinajstić information content (AvgIpc) is 3.33. The molecule has 2 aromatic rings. The van der Waals surface area contributed by atoms with E-state index < -0.39 is 35.9 Å². The van der Waals surface area contributed by atoms with Gasteiger partial charge >= 0.3 is 6.03 Å². The van der Waals surface area contributed by atoms with Gasteiger partial charge in [0.05, 0.1) is 6.20 Å². The summed E-state index contributed by atoms with van der Waals surface area (Å²) in [6, 6.07) is 2.64. The monoisotopic (exact) mass is 459 g/mol. The number of carbonyl (C=O) groups excluding carboxylic acids is 3. The van der Waals surface area contributed by atoms with Crippen LogP contribution in [0.4, 0.5) is 13.6 Å². The maximum Gasteiger partial charge on any atom is 0.315 e. The van der Waals surface area contributed by atoms with Gasteiger partial charge < -0.3 is 16.0 Å². The van der Waals surface area contributed by atoms with E-state index in [-0.39, 0.29) is 5.56 Å². The van der Waals surface area contributed by atoms with Crippen LogP contribution in [0.5, 0.6) is 0 Å². The third-order valence-electron chi connectivity index (χ3n) is 4.33. The molecule has 2 rings (SSSR count). The predicted octanol–water partition coefficient (Wildman–Crippen LogP) is -0.235. The highest BCUT2D eigenvalue weighted by Crippen LogP contribution is 2.21. The lowest BCUT2D eigenvalue weighted by atomic mass is 9.91. The van der Waals surface area contributed by atoms with Gasteiger partial charge in [0.1, 0.15) is 11.6 Å². The van der Waals surface area contributed by atoms with Crippen molar-refractivity contribution >= 4 is 17.8 Å². The van der Waals surface area contributed by atoms with Gasteiger partial charge in [-0.15, -0.1) is 5.10 Å². The van der Waals surface area contributed by atoms with E-state index in [1.165, 1.54) is 43.0 Å². The zero-order valence-corrected chi connectivity index (χ0v) is 17.4. The molecule has 0 saturated heterocycles. The molecular weight excluding hydrogens is 440 g/mol. The van der Waals surface area contributed by atoms with Gasteiger partial charge in [-0.2, -0.15) is 0 Å². The molecule has 2 unspecified atom stereocenters. The van der Waals surface area contributed by atoms with Gasteiger partial charge in [-0.25, -0.2) is 19.1 Å². The summed E-state index contributed by atoms with van der Waals surface area (Å²) in [6.07, 6.45) is -1.79. The van der Waals surface area contributed by atoms with Crippen LogP contribution in [0.15, 0.2) is 30.5 Å². The van der Waals surface area contributed by atoms with Crippen LogP contribution in [0.1, 0.15) is 28.5 Å². The molecule has 33 heavy (non-hydrogen) atoms. The van der Waals surface area contributed by atoms with E-state index in [0.717, 1.165) is 6.92 Å². The van der Waals surface area contributed by atoms with Crippen LogP contribution in [0.3, 0.4) is 0 Å². The molecule has 11 nitrogen and oxygen atoms in total. The van der Waals surface area contributed by atoms with Crippen molar-refractivity contribution in [3.05, 3.63) is 47.3 Å². The van der Waals surface area contributed by atoms with Gasteiger partial charge in [-0.1, -0.05) is 11.1 Å². The van der Waals surface area contributed by atoms with Gasteiger partial charge in [-0.05, 0) is 49.0 Å². The van der Waals surface area contributed by atoms with Gasteiger partial charge in [0.15, 0.2) is 5.69 Å². The summed E-state index contributed by atoms with van der Waals surface area (Å²) in [6.45, 7) is 0.853. The third-order valence-corrected chi connectivity index (χ3v) is 4.33. The number of nitrogens with one attached hydrogen (secondary N) is 5. The molecule has 1 aromatic heterocycles. The normalized spacial score (nSPS) is 12.7. The van der Waals surface area contributed by atoms with Crippen LogP contribution in [-0.2, 0) is 4.79 Å². The molecule has 0 spiro atoms. The minimum absolute atomic E-state index is 0.0153. The van der Waals surface area contributed by atoms with E-state index in [2.05, 4.69) is 49.7 Å². The van der Waals surface area contributed by atoms with Crippen LogP contribution >= 0.6 is 0 Å². The molecule has 1 heterocycles. The number of aromatic amines is 1. The summed E-state index contributed by atoms with van der Waals surface area (Å²) in [5.74, 6) is 8.32. The number of carbonyl (C=O) groups is 3. The number of nitrogens with zero attached hydrogens (tertiary/aromatic N) is 2. The number of benzene rings is 1. The quantitative estimate of drug-likeness (QED) is 0.199. The van der Waals surface area contributed by atoms with Crippen LogP contribution in [0, 0.1) is 23.7 Å². The highest BCUT2D eigenvalue weighted by Gasteiger charge is 2.48. The molecule has 0 aliphatic rings. The molecule has 0 aliphatic heterocycles. The summed E-state index contributed by atoms with van der Waals surface area (Å²) < 4.78 is 27.6. The Morgan fingerprint density at radius 2 is 1.82 bits per heavy atom. The minimum atomic E-state index is -3.28. The number of hydroxylamine groups is 1. The van der Waals surface area contributed by atoms with Crippen LogP contribution in [-0.4, -0.2) is 63.5 Å². The molecule has 0 radical (unpaired) electrons. The van der Waals surface area contributed by atoms with E-state index in [1.54, 1.807) is 0 Å². The largest absolute Gasteiger partial charge is 0.341 e. The van der Waals surface area contributed by atoms with Crippen molar-refractivity contribution in [3.8, 4) is 23.7 Å². The van der Waals surface area contributed by atoms with Crippen LogP contribution in [0.25, 0.3) is 0 Å². The van der Waals surface area contributed by atoms with E-state index in [4.69, 9.17) is 5.21 Å². The van der Waals surface area contributed by atoms with Crippen molar-refractivity contribution in [2.45, 2.75) is 24.9 Å². The topological polar surface area (TPSA) is 161 Å². The predicted molar refractivity (Wildman–Crippen MR) is 110 cm³/mol. The smallest absolute Gasteiger partial charge is 0.315 e. The van der Waals surface area contributed by atoms with E-state index in [0.29, 0.717) is 11.3 Å². The van der Waals surface area contributed by atoms with Gasteiger partial charge in [0.25, 0.3) is 18.2 Å².